The van der Waals surface area contributed by atoms with Gasteiger partial charge in [-0.2, -0.15) is 0 Å². The number of para-hydroxylation sites is 1. The van der Waals surface area contributed by atoms with Crippen LogP contribution in [-0.2, 0) is 10.0 Å². The number of rotatable bonds is 7. The second-order valence-corrected chi connectivity index (χ2v) is 8.48. The number of anilines is 1. The van der Waals surface area contributed by atoms with Gasteiger partial charge in [-0.15, -0.1) is 0 Å². The standard InChI is InChI=1S/C23H24N2O3S/c1-3-21(18-11-5-4-6-12-18)24-23(26)19-13-9-14-20(16-19)29(27,28)25-22-15-8-7-10-17(22)2/h4-16,21,25H,3H2,1-2H3,(H,24,26)/t21-/m1/s1. The first-order valence-electron chi connectivity index (χ1n) is 9.45. The van der Waals surface area contributed by atoms with Gasteiger partial charge in [-0.05, 0) is 48.7 Å². The third-order valence-electron chi connectivity index (χ3n) is 4.71. The number of amides is 1. The molecule has 0 fully saturated rings. The molecule has 0 saturated carbocycles. The number of carbonyl (C=O) groups excluding carboxylic acids is 1. The fraction of sp³-hybridized carbons (Fsp3) is 0.174. The summed E-state index contributed by atoms with van der Waals surface area (Å²) in [5.41, 5.74) is 2.64. The second kappa shape index (κ2) is 8.92. The van der Waals surface area contributed by atoms with Crippen molar-refractivity contribution in [3.8, 4) is 0 Å². The first kappa shape index (κ1) is 20.6. The fourth-order valence-corrected chi connectivity index (χ4v) is 4.22. The summed E-state index contributed by atoms with van der Waals surface area (Å²) in [4.78, 5) is 12.8. The first-order chi connectivity index (χ1) is 13.9. The Balaban J connectivity index is 1.81. The summed E-state index contributed by atoms with van der Waals surface area (Å²) in [7, 11) is -3.81. The van der Waals surface area contributed by atoms with Crippen LogP contribution in [0.1, 0.15) is 40.9 Å². The number of hydrogen-bond acceptors (Lipinski definition) is 3. The topological polar surface area (TPSA) is 75.3 Å². The zero-order valence-electron chi connectivity index (χ0n) is 16.4. The zero-order valence-corrected chi connectivity index (χ0v) is 17.2. The lowest BCUT2D eigenvalue weighted by Gasteiger charge is -2.18. The van der Waals surface area contributed by atoms with Crippen LogP contribution in [0.2, 0.25) is 0 Å². The van der Waals surface area contributed by atoms with Crippen molar-refractivity contribution in [2.45, 2.75) is 31.2 Å². The lowest BCUT2D eigenvalue weighted by Crippen LogP contribution is -2.28. The van der Waals surface area contributed by atoms with E-state index in [0.717, 1.165) is 17.5 Å². The molecule has 2 N–H and O–H groups in total. The van der Waals surface area contributed by atoms with Crippen LogP contribution >= 0.6 is 0 Å². The predicted octanol–water partition coefficient (Wildman–Crippen LogP) is 4.68. The number of hydrogen-bond donors (Lipinski definition) is 2. The summed E-state index contributed by atoms with van der Waals surface area (Å²) < 4.78 is 28.2. The van der Waals surface area contributed by atoms with Gasteiger partial charge in [0.05, 0.1) is 16.6 Å². The Labute approximate surface area is 171 Å². The quantitative estimate of drug-likeness (QED) is 0.596. The van der Waals surface area contributed by atoms with Crippen LogP contribution in [-0.4, -0.2) is 14.3 Å². The van der Waals surface area contributed by atoms with Gasteiger partial charge in [-0.1, -0.05) is 61.5 Å². The minimum Gasteiger partial charge on any atom is -0.345 e. The molecule has 0 aliphatic rings. The third-order valence-corrected chi connectivity index (χ3v) is 6.07. The minimum atomic E-state index is -3.81. The molecular formula is C23H24N2O3S. The lowest BCUT2D eigenvalue weighted by molar-refractivity contribution is 0.0935. The van der Waals surface area contributed by atoms with E-state index in [1.807, 2.05) is 56.3 Å². The van der Waals surface area contributed by atoms with Crippen molar-refractivity contribution in [2.75, 3.05) is 4.72 Å². The van der Waals surface area contributed by atoms with Gasteiger partial charge >= 0.3 is 0 Å². The Kier molecular flexibility index (Phi) is 6.34. The van der Waals surface area contributed by atoms with Gasteiger partial charge in [0, 0.05) is 5.56 Å². The van der Waals surface area contributed by atoms with Gasteiger partial charge in [0.15, 0.2) is 0 Å². The molecule has 0 bridgehead atoms. The maximum absolute atomic E-state index is 12.8. The molecule has 0 unspecified atom stereocenters. The molecule has 0 aliphatic carbocycles. The Morgan fingerprint density at radius 1 is 0.931 bits per heavy atom. The number of nitrogens with one attached hydrogen (secondary N) is 2. The second-order valence-electron chi connectivity index (χ2n) is 6.79. The average molecular weight is 409 g/mol. The van der Waals surface area contributed by atoms with E-state index in [2.05, 4.69) is 10.0 Å². The highest BCUT2D eigenvalue weighted by Gasteiger charge is 2.19. The highest BCUT2D eigenvalue weighted by Crippen LogP contribution is 2.21. The normalized spacial score (nSPS) is 12.2. The van der Waals surface area contributed by atoms with E-state index in [1.54, 1.807) is 24.3 Å². The van der Waals surface area contributed by atoms with Gasteiger partial charge in [-0.3, -0.25) is 9.52 Å². The number of aryl methyl sites for hydroxylation is 1. The van der Waals surface area contributed by atoms with Crippen molar-refractivity contribution < 1.29 is 13.2 Å². The molecule has 0 saturated heterocycles. The lowest BCUT2D eigenvalue weighted by atomic mass is 10.0. The Morgan fingerprint density at radius 3 is 2.31 bits per heavy atom. The third kappa shape index (κ3) is 5.03. The fourth-order valence-electron chi connectivity index (χ4n) is 3.04. The van der Waals surface area contributed by atoms with Crippen molar-refractivity contribution in [2.24, 2.45) is 0 Å². The Bertz CT molecular complexity index is 1100. The minimum absolute atomic E-state index is 0.0427. The zero-order chi connectivity index (χ0) is 20.9. The molecule has 6 heteroatoms. The molecule has 3 rings (SSSR count). The van der Waals surface area contributed by atoms with Crippen LogP contribution in [0.3, 0.4) is 0 Å². The summed E-state index contributed by atoms with van der Waals surface area (Å²) in [6, 6.07) is 22.8. The van der Waals surface area contributed by atoms with Crippen LogP contribution in [0.15, 0.2) is 83.8 Å². The van der Waals surface area contributed by atoms with Gasteiger partial charge in [0.1, 0.15) is 0 Å². The SMILES string of the molecule is CC[C@@H](NC(=O)c1cccc(S(=O)(=O)Nc2ccccc2C)c1)c1ccccc1. The van der Waals surface area contributed by atoms with E-state index in [4.69, 9.17) is 0 Å². The Hall–Kier alpha value is -3.12. The summed E-state index contributed by atoms with van der Waals surface area (Å²) in [5.74, 6) is -0.311. The van der Waals surface area contributed by atoms with Crippen molar-refractivity contribution >= 4 is 21.6 Å². The van der Waals surface area contributed by atoms with Gasteiger partial charge < -0.3 is 5.32 Å². The number of sulfonamides is 1. The molecule has 0 spiro atoms. The van der Waals surface area contributed by atoms with E-state index < -0.39 is 10.0 Å². The van der Waals surface area contributed by atoms with E-state index >= 15 is 0 Å². The molecule has 1 amide bonds. The molecule has 5 nitrogen and oxygen atoms in total. The molecule has 0 radical (unpaired) electrons. The van der Waals surface area contributed by atoms with Crippen LogP contribution in [0, 0.1) is 6.92 Å². The van der Waals surface area contributed by atoms with E-state index in [-0.39, 0.29) is 16.8 Å². The predicted molar refractivity (Wildman–Crippen MR) is 115 cm³/mol. The van der Waals surface area contributed by atoms with Gasteiger partial charge in [0.2, 0.25) is 0 Å². The maximum Gasteiger partial charge on any atom is 0.261 e. The number of carbonyl (C=O) groups is 1. The van der Waals surface area contributed by atoms with Crippen LogP contribution < -0.4 is 10.0 Å². The maximum atomic E-state index is 12.8. The molecule has 0 aliphatic heterocycles. The first-order valence-corrected chi connectivity index (χ1v) is 10.9. The van der Waals surface area contributed by atoms with Crippen molar-refractivity contribution in [1.29, 1.82) is 0 Å². The molecule has 1 atom stereocenters. The van der Waals surface area contributed by atoms with Crippen molar-refractivity contribution in [3.63, 3.8) is 0 Å². The van der Waals surface area contributed by atoms with E-state index in [1.165, 1.54) is 12.1 Å². The van der Waals surface area contributed by atoms with Crippen LogP contribution in [0.5, 0.6) is 0 Å². The highest BCUT2D eigenvalue weighted by molar-refractivity contribution is 7.92. The Morgan fingerprint density at radius 2 is 1.62 bits per heavy atom. The molecule has 0 heterocycles. The van der Waals surface area contributed by atoms with E-state index in [0.29, 0.717) is 11.3 Å². The monoisotopic (exact) mass is 408 g/mol. The van der Waals surface area contributed by atoms with Crippen LogP contribution in [0.25, 0.3) is 0 Å². The molecule has 0 aromatic heterocycles. The molecule has 150 valence electrons. The summed E-state index contributed by atoms with van der Waals surface area (Å²) >= 11 is 0. The van der Waals surface area contributed by atoms with Crippen molar-refractivity contribution in [1.82, 2.24) is 5.32 Å². The molecule has 3 aromatic carbocycles. The average Bonchev–Trinajstić information content (AvgIpc) is 2.74. The molecular weight excluding hydrogens is 384 g/mol. The summed E-state index contributed by atoms with van der Waals surface area (Å²) in [6.07, 6.45) is 0.725. The van der Waals surface area contributed by atoms with Gasteiger partial charge in [-0.25, -0.2) is 8.42 Å². The summed E-state index contributed by atoms with van der Waals surface area (Å²) in [5, 5.41) is 2.98. The highest BCUT2D eigenvalue weighted by atomic mass is 32.2. The van der Waals surface area contributed by atoms with Crippen LogP contribution in [0.4, 0.5) is 5.69 Å². The van der Waals surface area contributed by atoms with Crippen molar-refractivity contribution in [3.05, 3.63) is 95.6 Å². The smallest absolute Gasteiger partial charge is 0.261 e. The van der Waals surface area contributed by atoms with Gasteiger partial charge in [0.25, 0.3) is 15.9 Å². The molecule has 29 heavy (non-hydrogen) atoms. The number of benzene rings is 3. The largest absolute Gasteiger partial charge is 0.345 e. The summed E-state index contributed by atoms with van der Waals surface area (Å²) in [6.45, 7) is 3.82. The van der Waals surface area contributed by atoms with E-state index in [9.17, 15) is 13.2 Å². The molecule has 3 aromatic rings.